The van der Waals surface area contributed by atoms with E-state index in [1.165, 1.54) is 19.3 Å². The van der Waals surface area contributed by atoms with Crippen LogP contribution in [0.5, 0.6) is 0 Å². The Morgan fingerprint density at radius 2 is 2.00 bits per heavy atom. The van der Waals surface area contributed by atoms with Crippen LogP contribution in [-0.2, 0) is 0 Å². The fraction of sp³-hybridized carbons (Fsp3) is 1.00. The average molecular weight is 145 g/mol. The molecule has 0 aromatic carbocycles. The molecule has 0 aliphatic carbocycles. The van der Waals surface area contributed by atoms with Crippen LogP contribution in [0.4, 0.5) is 0 Å². The van der Waals surface area contributed by atoms with Crippen LogP contribution in [0.25, 0.3) is 0 Å². The second-order valence-electron chi connectivity index (χ2n) is 1.78. The summed E-state index contributed by atoms with van der Waals surface area (Å²) < 4.78 is 0. The SMILES string of the molecule is CCCCC[SiH2]O.[Al]. The van der Waals surface area contributed by atoms with E-state index >= 15 is 0 Å². The van der Waals surface area contributed by atoms with Crippen LogP contribution < -0.4 is 0 Å². The Balaban J connectivity index is 0. The molecule has 0 saturated carbocycles. The molecule has 0 spiro atoms. The van der Waals surface area contributed by atoms with Gasteiger partial charge in [-0.15, -0.1) is 0 Å². The molecular weight excluding hydrogens is 131 g/mol. The van der Waals surface area contributed by atoms with E-state index < -0.39 is 9.76 Å². The molecule has 0 aliphatic rings. The number of rotatable bonds is 4. The van der Waals surface area contributed by atoms with Gasteiger partial charge < -0.3 is 4.80 Å². The molecule has 0 amide bonds. The Hall–Kier alpha value is 0.709. The minimum absolute atomic E-state index is 0. The normalized spacial score (nSPS) is 9.75. The third-order valence-corrected chi connectivity index (χ3v) is 1.83. The topological polar surface area (TPSA) is 20.2 Å². The van der Waals surface area contributed by atoms with E-state index in [0.29, 0.717) is 0 Å². The lowest BCUT2D eigenvalue weighted by Gasteiger charge is -1.89. The lowest BCUT2D eigenvalue weighted by molar-refractivity contribution is 0.592. The summed E-state index contributed by atoms with van der Waals surface area (Å²) >= 11 is 0. The van der Waals surface area contributed by atoms with Crippen LogP contribution >= 0.6 is 0 Å². The van der Waals surface area contributed by atoms with E-state index in [1.54, 1.807) is 0 Å². The minimum Gasteiger partial charge on any atom is -0.438 e. The van der Waals surface area contributed by atoms with Crippen molar-refractivity contribution in [3.05, 3.63) is 0 Å². The molecule has 0 unspecified atom stereocenters. The standard InChI is InChI=1S/C5H14OSi.Al/c1-2-3-4-5-7-6;/h6H,2-5,7H2,1H3;. The average Bonchev–Trinajstić information content (AvgIpc) is 1.69. The second kappa shape index (κ2) is 10.6. The van der Waals surface area contributed by atoms with Crippen molar-refractivity contribution >= 4 is 27.1 Å². The molecule has 0 bridgehead atoms. The van der Waals surface area contributed by atoms with Gasteiger partial charge in [-0.3, -0.25) is 0 Å². The highest BCUT2D eigenvalue weighted by atomic mass is 28.2. The van der Waals surface area contributed by atoms with Gasteiger partial charge in [-0.2, -0.15) is 0 Å². The highest BCUT2D eigenvalue weighted by molar-refractivity contribution is 6.25. The van der Waals surface area contributed by atoms with Gasteiger partial charge in [0.1, 0.15) is 0 Å². The largest absolute Gasteiger partial charge is 0.438 e. The van der Waals surface area contributed by atoms with Gasteiger partial charge >= 0.3 is 0 Å². The first kappa shape index (κ1) is 11.5. The van der Waals surface area contributed by atoms with E-state index in [2.05, 4.69) is 6.92 Å². The van der Waals surface area contributed by atoms with Crippen molar-refractivity contribution in [2.75, 3.05) is 0 Å². The first-order valence-corrected chi connectivity index (χ1v) is 4.66. The summed E-state index contributed by atoms with van der Waals surface area (Å²) in [6.45, 7) is 2.18. The smallest absolute Gasteiger partial charge is 0.156 e. The maximum Gasteiger partial charge on any atom is 0.156 e. The molecule has 0 aliphatic heterocycles. The molecule has 0 saturated heterocycles. The maximum atomic E-state index is 8.43. The van der Waals surface area contributed by atoms with E-state index in [-0.39, 0.29) is 17.4 Å². The third-order valence-electron chi connectivity index (χ3n) is 1.01. The van der Waals surface area contributed by atoms with Crippen molar-refractivity contribution in [2.45, 2.75) is 32.2 Å². The van der Waals surface area contributed by atoms with Gasteiger partial charge in [0.25, 0.3) is 0 Å². The molecule has 0 heterocycles. The molecule has 0 rings (SSSR count). The van der Waals surface area contributed by atoms with Crippen LogP contribution in [0, 0.1) is 0 Å². The molecule has 0 atom stereocenters. The quantitative estimate of drug-likeness (QED) is 0.445. The lowest BCUT2D eigenvalue weighted by atomic mass is 10.3. The van der Waals surface area contributed by atoms with Crippen LogP contribution in [0.2, 0.25) is 6.04 Å². The summed E-state index contributed by atoms with van der Waals surface area (Å²) in [4.78, 5) is 8.43. The fourth-order valence-corrected chi connectivity index (χ4v) is 1.12. The zero-order valence-electron chi connectivity index (χ0n) is 5.56. The molecule has 3 radical (unpaired) electrons. The van der Waals surface area contributed by atoms with Crippen LogP contribution in [0.1, 0.15) is 26.2 Å². The van der Waals surface area contributed by atoms with E-state index in [9.17, 15) is 0 Å². The summed E-state index contributed by atoms with van der Waals surface area (Å²) in [5, 5.41) is 0. The summed E-state index contributed by atoms with van der Waals surface area (Å²) in [6.07, 6.45) is 3.82. The summed E-state index contributed by atoms with van der Waals surface area (Å²) in [5.74, 6) is 0. The molecular formula is C5H14AlOSi. The van der Waals surface area contributed by atoms with E-state index in [4.69, 9.17) is 4.80 Å². The molecule has 0 aromatic rings. The zero-order chi connectivity index (χ0) is 5.54. The van der Waals surface area contributed by atoms with Gasteiger partial charge in [0.2, 0.25) is 0 Å². The molecule has 0 aromatic heterocycles. The molecule has 47 valence electrons. The van der Waals surface area contributed by atoms with Crippen molar-refractivity contribution in [2.24, 2.45) is 0 Å². The Morgan fingerprint density at radius 3 is 2.38 bits per heavy atom. The zero-order valence-corrected chi connectivity index (χ0v) is 8.13. The van der Waals surface area contributed by atoms with Gasteiger partial charge in [0.05, 0.1) is 0 Å². The summed E-state index contributed by atoms with van der Waals surface area (Å²) in [7, 11) is -0.606. The summed E-state index contributed by atoms with van der Waals surface area (Å²) in [5.41, 5.74) is 0. The Kier molecular flexibility index (Phi) is 15.3. The highest BCUT2D eigenvalue weighted by Crippen LogP contribution is 1.96. The Morgan fingerprint density at radius 1 is 1.38 bits per heavy atom. The van der Waals surface area contributed by atoms with Crippen molar-refractivity contribution in [1.82, 2.24) is 0 Å². The Labute approximate surface area is 64.6 Å². The Bertz CT molecular complexity index is 31.6. The minimum atomic E-state index is -0.606. The molecule has 0 fully saturated rings. The third kappa shape index (κ3) is 9.86. The van der Waals surface area contributed by atoms with Gasteiger partial charge in [-0.05, 0) is 6.04 Å². The molecule has 3 heteroatoms. The predicted octanol–water partition coefficient (Wildman–Crippen LogP) is 0.290. The highest BCUT2D eigenvalue weighted by Gasteiger charge is 1.82. The lowest BCUT2D eigenvalue weighted by Crippen LogP contribution is -1.84. The molecule has 1 N–H and O–H groups in total. The van der Waals surface area contributed by atoms with Gasteiger partial charge in [-0.1, -0.05) is 26.2 Å². The molecule has 8 heavy (non-hydrogen) atoms. The van der Waals surface area contributed by atoms with Gasteiger partial charge in [-0.25, -0.2) is 0 Å². The predicted molar refractivity (Wildman–Crippen MR) is 40.8 cm³/mol. The number of hydrogen-bond donors (Lipinski definition) is 1. The first-order valence-electron chi connectivity index (χ1n) is 3.02. The maximum absolute atomic E-state index is 8.43. The van der Waals surface area contributed by atoms with Gasteiger partial charge in [0, 0.05) is 17.4 Å². The van der Waals surface area contributed by atoms with Gasteiger partial charge in [0.15, 0.2) is 9.76 Å². The number of hydrogen-bond acceptors (Lipinski definition) is 1. The van der Waals surface area contributed by atoms with Crippen molar-refractivity contribution in [3.8, 4) is 0 Å². The first-order chi connectivity index (χ1) is 3.41. The van der Waals surface area contributed by atoms with Crippen LogP contribution in [0.3, 0.4) is 0 Å². The molecule has 1 nitrogen and oxygen atoms in total. The fourth-order valence-electron chi connectivity index (χ4n) is 0.539. The monoisotopic (exact) mass is 145 g/mol. The van der Waals surface area contributed by atoms with Crippen molar-refractivity contribution < 1.29 is 4.80 Å². The van der Waals surface area contributed by atoms with Crippen molar-refractivity contribution in [1.29, 1.82) is 0 Å². The summed E-state index contributed by atoms with van der Waals surface area (Å²) in [6, 6.07) is 1.12. The van der Waals surface area contributed by atoms with E-state index in [0.717, 1.165) is 6.04 Å². The van der Waals surface area contributed by atoms with Crippen LogP contribution in [0.15, 0.2) is 0 Å². The van der Waals surface area contributed by atoms with Crippen LogP contribution in [-0.4, -0.2) is 31.9 Å². The second-order valence-corrected chi connectivity index (χ2v) is 2.94. The van der Waals surface area contributed by atoms with E-state index in [1.807, 2.05) is 0 Å². The number of unbranched alkanes of at least 4 members (excludes halogenated alkanes) is 2. The van der Waals surface area contributed by atoms with Crippen molar-refractivity contribution in [3.63, 3.8) is 0 Å².